The molecule has 1 atom stereocenters. The minimum Gasteiger partial charge on any atom is -0.464 e. The number of fused-ring (bicyclic) bond motifs is 1. The summed E-state index contributed by atoms with van der Waals surface area (Å²) in [6.07, 6.45) is 6.04. The summed E-state index contributed by atoms with van der Waals surface area (Å²) in [4.78, 5) is 1.53. The molecule has 4 rings (SSSR count). The Bertz CT molecular complexity index is 643. The third-order valence-electron chi connectivity index (χ3n) is 4.58. The van der Waals surface area contributed by atoms with Gasteiger partial charge in [0, 0.05) is 28.1 Å². The number of benzene rings is 2. The van der Waals surface area contributed by atoms with Crippen LogP contribution < -0.4 is 4.74 Å². The molecule has 0 radical (unpaired) electrons. The number of hydrogen-bond donors (Lipinski definition) is 0. The Balaban J connectivity index is 1.69. The van der Waals surface area contributed by atoms with E-state index in [1.807, 2.05) is 0 Å². The van der Waals surface area contributed by atoms with Crippen LogP contribution in [0.25, 0.3) is 10.8 Å². The lowest BCUT2D eigenvalue weighted by Crippen LogP contribution is -2.25. The summed E-state index contributed by atoms with van der Waals surface area (Å²) in [5.41, 5.74) is 0. The van der Waals surface area contributed by atoms with Crippen LogP contribution in [0, 0.1) is 0 Å². The van der Waals surface area contributed by atoms with Crippen LogP contribution in [0.2, 0.25) is 0 Å². The molecule has 2 saturated heterocycles. The molecular formula is C19H23O2S+. The van der Waals surface area contributed by atoms with Gasteiger partial charge in [0.1, 0.15) is 17.3 Å². The summed E-state index contributed by atoms with van der Waals surface area (Å²) in [5, 5.41) is 2.62. The van der Waals surface area contributed by atoms with E-state index in [0.717, 1.165) is 25.2 Å². The molecule has 2 heterocycles. The van der Waals surface area contributed by atoms with Crippen LogP contribution in [-0.4, -0.2) is 24.4 Å². The van der Waals surface area contributed by atoms with Crippen molar-refractivity contribution in [3.05, 3.63) is 36.4 Å². The lowest BCUT2D eigenvalue weighted by Gasteiger charge is -2.24. The Morgan fingerprint density at radius 2 is 1.73 bits per heavy atom. The molecule has 2 nitrogen and oxygen atoms in total. The average molecular weight is 315 g/mol. The van der Waals surface area contributed by atoms with Gasteiger partial charge in [0.25, 0.3) is 0 Å². The molecule has 0 bridgehead atoms. The number of rotatable bonds is 3. The maximum Gasteiger partial charge on any atom is 0.199 e. The average Bonchev–Trinajstić information content (AvgIpc) is 3.10. The van der Waals surface area contributed by atoms with Crippen LogP contribution in [0.5, 0.6) is 5.75 Å². The maximum absolute atomic E-state index is 6.17. The molecule has 0 aliphatic carbocycles. The van der Waals surface area contributed by atoms with Gasteiger partial charge in [-0.1, -0.05) is 18.2 Å². The van der Waals surface area contributed by atoms with E-state index in [1.165, 1.54) is 46.4 Å². The van der Waals surface area contributed by atoms with Crippen molar-refractivity contribution >= 4 is 21.7 Å². The molecule has 0 N–H and O–H groups in total. The minimum absolute atomic E-state index is 0.0723. The fraction of sp³-hybridized carbons (Fsp3) is 0.474. The van der Waals surface area contributed by atoms with E-state index in [9.17, 15) is 0 Å². The van der Waals surface area contributed by atoms with Gasteiger partial charge in [-0.3, -0.25) is 0 Å². The first kappa shape index (κ1) is 14.4. The van der Waals surface area contributed by atoms with Crippen molar-refractivity contribution < 1.29 is 9.47 Å². The summed E-state index contributed by atoms with van der Waals surface area (Å²) in [7, 11) is 0.433. The molecular weight excluding hydrogens is 292 g/mol. The topological polar surface area (TPSA) is 18.5 Å². The molecule has 116 valence electrons. The van der Waals surface area contributed by atoms with Gasteiger partial charge in [0.05, 0.1) is 6.61 Å². The lowest BCUT2D eigenvalue weighted by molar-refractivity contribution is -0.105. The van der Waals surface area contributed by atoms with E-state index in [0.29, 0.717) is 10.9 Å². The quantitative estimate of drug-likeness (QED) is 0.776. The standard InChI is InChI=1S/C19H23O2S/c1-2-8-16-15(7-1)17(21-19-9-3-4-12-20-19)10-11-18(16)22-13-5-6-14-22/h1-2,7-8,10-11,19H,3-6,9,12-14H2/q+1. The van der Waals surface area contributed by atoms with Gasteiger partial charge in [-0.05, 0) is 43.9 Å². The van der Waals surface area contributed by atoms with E-state index < -0.39 is 0 Å². The number of hydrogen-bond acceptors (Lipinski definition) is 2. The predicted molar refractivity (Wildman–Crippen MR) is 92.8 cm³/mol. The third kappa shape index (κ3) is 2.84. The molecule has 2 aliphatic heterocycles. The molecule has 3 heteroatoms. The first-order chi connectivity index (χ1) is 10.9. The van der Waals surface area contributed by atoms with Crippen molar-refractivity contribution in [3.63, 3.8) is 0 Å². The molecule has 0 amide bonds. The predicted octanol–water partition coefficient (Wildman–Crippen LogP) is 4.52. The Morgan fingerprint density at radius 3 is 2.50 bits per heavy atom. The molecule has 0 spiro atoms. The van der Waals surface area contributed by atoms with Gasteiger partial charge in [-0.2, -0.15) is 0 Å². The summed E-state index contributed by atoms with van der Waals surface area (Å²) in [6.45, 7) is 0.824. The van der Waals surface area contributed by atoms with E-state index >= 15 is 0 Å². The van der Waals surface area contributed by atoms with E-state index in [4.69, 9.17) is 9.47 Å². The monoisotopic (exact) mass is 315 g/mol. The van der Waals surface area contributed by atoms with Gasteiger partial charge in [0.2, 0.25) is 0 Å². The van der Waals surface area contributed by atoms with Crippen LogP contribution in [0.15, 0.2) is 41.3 Å². The second-order valence-corrected chi connectivity index (χ2v) is 8.37. The van der Waals surface area contributed by atoms with Gasteiger partial charge < -0.3 is 9.47 Å². The molecule has 22 heavy (non-hydrogen) atoms. The summed E-state index contributed by atoms with van der Waals surface area (Å²) >= 11 is 0. The van der Waals surface area contributed by atoms with Crippen LogP contribution in [0.4, 0.5) is 0 Å². The number of ether oxygens (including phenoxy) is 2. The van der Waals surface area contributed by atoms with Crippen LogP contribution >= 0.6 is 0 Å². The minimum atomic E-state index is -0.0723. The summed E-state index contributed by atoms with van der Waals surface area (Å²) in [6, 6.07) is 13.2. The van der Waals surface area contributed by atoms with Crippen molar-refractivity contribution in [3.8, 4) is 5.75 Å². The molecule has 2 aliphatic rings. The van der Waals surface area contributed by atoms with E-state index in [-0.39, 0.29) is 6.29 Å². The molecule has 2 aromatic carbocycles. The van der Waals surface area contributed by atoms with Crippen molar-refractivity contribution in [1.82, 2.24) is 0 Å². The summed E-state index contributed by atoms with van der Waals surface area (Å²) < 4.78 is 11.9. The fourth-order valence-corrected chi connectivity index (χ4v) is 5.92. The van der Waals surface area contributed by atoms with Crippen LogP contribution in [-0.2, 0) is 15.6 Å². The SMILES string of the molecule is c1ccc2c([S+]3CCCC3)ccc(OC3CCCCO3)c2c1. The van der Waals surface area contributed by atoms with Crippen LogP contribution in [0.1, 0.15) is 32.1 Å². The molecule has 0 saturated carbocycles. The highest BCUT2D eigenvalue weighted by Crippen LogP contribution is 2.35. The first-order valence-electron chi connectivity index (χ1n) is 8.39. The normalized spacial score (nSPS) is 23.0. The summed E-state index contributed by atoms with van der Waals surface area (Å²) in [5.74, 6) is 3.69. The van der Waals surface area contributed by atoms with E-state index in [1.54, 1.807) is 0 Å². The van der Waals surface area contributed by atoms with Crippen molar-refractivity contribution in [2.45, 2.75) is 43.3 Å². The highest BCUT2D eigenvalue weighted by atomic mass is 32.2. The Kier molecular flexibility index (Phi) is 4.26. The Hall–Kier alpha value is -1.19. The Morgan fingerprint density at radius 1 is 0.909 bits per heavy atom. The zero-order chi connectivity index (χ0) is 14.8. The van der Waals surface area contributed by atoms with Gasteiger partial charge >= 0.3 is 0 Å². The molecule has 2 aromatic rings. The van der Waals surface area contributed by atoms with Crippen molar-refractivity contribution in [1.29, 1.82) is 0 Å². The molecule has 0 aromatic heterocycles. The third-order valence-corrected chi connectivity index (χ3v) is 7.12. The zero-order valence-corrected chi connectivity index (χ0v) is 13.7. The highest BCUT2D eigenvalue weighted by Gasteiger charge is 2.29. The second-order valence-electron chi connectivity index (χ2n) is 6.13. The molecule has 2 fully saturated rings. The smallest absolute Gasteiger partial charge is 0.199 e. The van der Waals surface area contributed by atoms with Gasteiger partial charge in [-0.15, -0.1) is 0 Å². The largest absolute Gasteiger partial charge is 0.464 e. The first-order valence-corrected chi connectivity index (χ1v) is 9.95. The van der Waals surface area contributed by atoms with Crippen molar-refractivity contribution in [2.75, 3.05) is 18.1 Å². The van der Waals surface area contributed by atoms with Crippen molar-refractivity contribution in [2.24, 2.45) is 0 Å². The second kappa shape index (κ2) is 6.51. The lowest BCUT2D eigenvalue weighted by atomic mass is 10.1. The van der Waals surface area contributed by atoms with Crippen LogP contribution in [0.3, 0.4) is 0 Å². The Labute approximate surface area is 135 Å². The fourth-order valence-electron chi connectivity index (χ4n) is 3.42. The van der Waals surface area contributed by atoms with E-state index in [2.05, 4.69) is 36.4 Å². The highest BCUT2D eigenvalue weighted by molar-refractivity contribution is 7.97. The van der Waals surface area contributed by atoms with Gasteiger partial charge in [-0.25, -0.2) is 0 Å². The molecule has 1 unspecified atom stereocenters. The van der Waals surface area contributed by atoms with Gasteiger partial charge in [0.15, 0.2) is 11.2 Å². The maximum atomic E-state index is 6.17. The zero-order valence-electron chi connectivity index (χ0n) is 12.9.